The van der Waals surface area contributed by atoms with E-state index < -0.39 is 6.16 Å². The first-order valence-corrected chi connectivity index (χ1v) is 6.72. The van der Waals surface area contributed by atoms with Crippen LogP contribution in [0.15, 0.2) is 42.5 Å². The van der Waals surface area contributed by atoms with Gasteiger partial charge in [-0.25, -0.2) is 4.79 Å². The minimum Gasteiger partial charge on any atom is -0.449 e. The van der Waals surface area contributed by atoms with Gasteiger partial charge in [0.15, 0.2) is 0 Å². The van der Waals surface area contributed by atoms with Crippen LogP contribution < -0.4 is 4.74 Å². The topological polar surface area (TPSA) is 46.5 Å². The van der Waals surface area contributed by atoms with Gasteiger partial charge in [0.2, 0.25) is 0 Å². The van der Waals surface area contributed by atoms with E-state index in [-0.39, 0.29) is 0 Å². The van der Waals surface area contributed by atoms with Crippen LogP contribution in [-0.4, -0.2) is 11.3 Å². The van der Waals surface area contributed by atoms with Crippen molar-refractivity contribution in [1.29, 1.82) is 0 Å². The average molecular weight is 270 g/mol. The van der Waals surface area contributed by atoms with Gasteiger partial charge in [-0.2, -0.15) is 0 Å². The number of aryl methyl sites for hydroxylation is 1. The van der Waals surface area contributed by atoms with Crippen molar-refractivity contribution in [2.45, 2.75) is 26.7 Å². The standard InChI is InChI=1S/C17H18O3/c1-3-7-15-14(13-9-5-4-8-12(13)2)10-6-11-16(15)20-17(18)19/h4-6,8-11H,3,7H2,1-2H3,(H,18,19). The number of hydrogen-bond acceptors (Lipinski definition) is 2. The van der Waals surface area contributed by atoms with Crippen LogP contribution in [0.3, 0.4) is 0 Å². The largest absolute Gasteiger partial charge is 0.511 e. The van der Waals surface area contributed by atoms with Gasteiger partial charge < -0.3 is 9.84 Å². The molecule has 0 amide bonds. The molecule has 0 radical (unpaired) electrons. The van der Waals surface area contributed by atoms with Gasteiger partial charge in [0.25, 0.3) is 0 Å². The maximum atomic E-state index is 10.8. The number of ether oxygens (including phenoxy) is 1. The Balaban J connectivity index is 2.58. The third-order valence-electron chi connectivity index (χ3n) is 3.27. The van der Waals surface area contributed by atoms with Gasteiger partial charge >= 0.3 is 6.16 Å². The summed E-state index contributed by atoms with van der Waals surface area (Å²) in [4.78, 5) is 10.8. The number of rotatable bonds is 4. The molecule has 0 spiro atoms. The summed E-state index contributed by atoms with van der Waals surface area (Å²) in [5.74, 6) is 0.431. The molecule has 2 aromatic rings. The van der Waals surface area contributed by atoms with Gasteiger partial charge in [0.05, 0.1) is 0 Å². The van der Waals surface area contributed by atoms with E-state index in [0.717, 1.165) is 35.1 Å². The smallest absolute Gasteiger partial charge is 0.449 e. The van der Waals surface area contributed by atoms with E-state index in [1.54, 1.807) is 6.07 Å². The van der Waals surface area contributed by atoms with E-state index in [0.29, 0.717) is 5.75 Å². The van der Waals surface area contributed by atoms with Crippen molar-refractivity contribution in [2.75, 3.05) is 0 Å². The van der Waals surface area contributed by atoms with Crippen LogP contribution in [0.25, 0.3) is 11.1 Å². The molecule has 0 unspecified atom stereocenters. The molecular formula is C17H18O3. The van der Waals surface area contributed by atoms with E-state index in [2.05, 4.69) is 19.9 Å². The third-order valence-corrected chi connectivity index (χ3v) is 3.27. The predicted molar refractivity (Wildman–Crippen MR) is 79.3 cm³/mol. The second-order valence-corrected chi connectivity index (χ2v) is 4.72. The van der Waals surface area contributed by atoms with Crippen LogP contribution in [0, 0.1) is 6.92 Å². The number of hydrogen-bond donors (Lipinski definition) is 1. The molecule has 0 bridgehead atoms. The third kappa shape index (κ3) is 2.99. The first-order chi connectivity index (χ1) is 9.63. The zero-order chi connectivity index (χ0) is 14.5. The highest BCUT2D eigenvalue weighted by Crippen LogP contribution is 2.33. The van der Waals surface area contributed by atoms with Gasteiger partial charge in [-0.15, -0.1) is 0 Å². The van der Waals surface area contributed by atoms with Crippen molar-refractivity contribution < 1.29 is 14.6 Å². The van der Waals surface area contributed by atoms with Crippen LogP contribution >= 0.6 is 0 Å². The van der Waals surface area contributed by atoms with E-state index in [1.165, 1.54) is 0 Å². The Bertz CT molecular complexity index is 617. The molecule has 2 aromatic carbocycles. The van der Waals surface area contributed by atoms with Gasteiger partial charge in [-0.3, -0.25) is 0 Å². The molecule has 20 heavy (non-hydrogen) atoms. The van der Waals surface area contributed by atoms with Crippen molar-refractivity contribution in [3.8, 4) is 16.9 Å². The molecule has 1 N–H and O–H groups in total. The van der Waals surface area contributed by atoms with Gasteiger partial charge in [-0.05, 0) is 36.1 Å². The zero-order valence-electron chi connectivity index (χ0n) is 11.7. The quantitative estimate of drug-likeness (QED) is 0.648. The lowest BCUT2D eigenvalue weighted by Crippen LogP contribution is -2.06. The van der Waals surface area contributed by atoms with Crippen molar-refractivity contribution in [2.24, 2.45) is 0 Å². The lowest BCUT2D eigenvalue weighted by atomic mass is 9.93. The SMILES string of the molecule is CCCc1c(OC(=O)O)cccc1-c1ccccc1C. The fraction of sp³-hybridized carbons (Fsp3) is 0.235. The molecule has 0 fully saturated rings. The Hall–Kier alpha value is -2.29. The summed E-state index contributed by atoms with van der Waals surface area (Å²) in [6.07, 6.45) is 0.440. The molecule has 3 nitrogen and oxygen atoms in total. The molecule has 0 aliphatic rings. The summed E-state index contributed by atoms with van der Waals surface area (Å²) in [5, 5.41) is 8.85. The summed E-state index contributed by atoms with van der Waals surface area (Å²) in [6.45, 7) is 4.12. The zero-order valence-corrected chi connectivity index (χ0v) is 11.7. The van der Waals surface area contributed by atoms with E-state index in [4.69, 9.17) is 9.84 Å². The second kappa shape index (κ2) is 6.24. The van der Waals surface area contributed by atoms with E-state index >= 15 is 0 Å². The summed E-state index contributed by atoms with van der Waals surface area (Å²) in [7, 11) is 0. The van der Waals surface area contributed by atoms with Crippen LogP contribution in [-0.2, 0) is 6.42 Å². The molecule has 0 aliphatic carbocycles. The Morgan fingerprint density at radius 3 is 2.45 bits per heavy atom. The molecule has 2 rings (SSSR count). The lowest BCUT2D eigenvalue weighted by molar-refractivity contribution is 0.144. The lowest BCUT2D eigenvalue weighted by Gasteiger charge is -2.15. The molecule has 0 aromatic heterocycles. The van der Waals surface area contributed by atoms with Gasteiger partial charge in [0, 0.05) is 5.56 Å². The molecule has 3 heteroatoms. The maximum absolute atomic E-state index is 10.8. The van der Waals surface area contributed by atoms with E-state index in [9.17, 15) is 4.79 Å². The Kier molecular flexibility index (Phi) is 4.41. The van der Waals surface area contributed by atoms with Crippen LogP contribution in [0.2, 0.25) is 0 Å². The Morgan fingerprint density at radius 1 is 1.10 bits per heavy atom. The molecule has 0 aliphatic heterocycles. The predicted octanol–water partition coefficient (Wildman–Crippen LogP) is 4.67. The second-order valence-electron chi connectivity index (χ2n) is 4.72. The summed E-state index contributed by atoms with van der Waals surface area (Å²) in [5.41, 5.74) is 4.28. The molecule has 0 saturated heterocycles. The summed E-state index contributed by atoms with van der Waals surface area (Å²) < 4.78 is 4.92. The number of carboxylic acid groups (broad SMARTS) is 1. The highest BCUT2D eigenvalue weighted by atomic mass is 16.7. The van der Waals surface area contributed by atoms with Crippen LogP contribution in [0.1, 0.15) is 24.5 Å². The molecular weight excluding hydrogens is 252 g/mol. The van der Waals surface area contributed by atoms with E-state index in [1.807, 2.05) is 30.3 Å². The fourth-order valence-corrected chi connectivity index (χ4v) is 2.39. The average Bonchev–Trinajstić information content (AvgIpc) is 2.41. The van der Waals surface area contributed by atoms with Crippen molar-refractivity contribution in [3.63, 3.8) is 0 Å². The minimum atomic E-state index is -1.27. The van der Waals surface area contributed by atoms with Crippen molar-refractivity contribution in [3.05, 3.63) is 53.6 Å². The molecule has 104 valence electrons. The van der Waals surface area contributed by atoms with Crippen LogP contribution in [0.4, 0.5) is 4.79 Å². The normalized spacial score (nSPS) is 10.3. The summed E-state index contributed by atoms with van der Waals surface area (Å²) >= 11 is 0. The Labute approximate surface area is 118 Å². The number of benzene rings is 2. The molecule has 0 atom stereocenters. The molecule has 0 heterocycles. The van der Waals surface area contributed by atoms with Gasteiger partial charge in [-0.1, -0.05) is 49.7 Å². The van der Waals surface area contributed by atoms with Crippen molar-refractivity contribution in [1.82, 2.24) is 0 Å². The monoisotopic (exact) mass is 270 g/mol. The Morgan fingerprint density at radius 2 is 1.80 bits per heavy atom. The van der Waals surface area contributed by atoms with Crippen molar-refractivity contribution >= 4 is 6.16 Å². The number of carbonyl (C=O) groups is 1. The fourth-order valence-electron chi connectivity index (χ4n) is 2.39. The first kappa shape index (κ1) is 14.1. The molecule has 0 saturated carbocycles. The summed E-state index contributed by atoms with van der Waals surface area (Å²) in [6, 6.07) is 13.6. The highest BCUT2D eigenvalue weighted by Gasteiger charge is 2.14. The first-order valence-electron chi connectivity index (χ1n) is 6.72. The van der Waals surface area contributed by atoms with Gasteiger partial charge in [0.1, 0.15) is 5.75 Å². The van der Waals surface area contributed by atoms with Crippen LogP contribution in [0.5, 0.6) is 5.75 Å². The maximum Gasteiger partial charge on any atom is 0.511 e. The minimum absolute atomic E-state index is 0.431. The highest BCUT2D eigenvalue weighted by molar-refractivity contribution is 5.74.